The molecule has 0 aliphatic carbocycles. The number of furan rings is 1. The molecule has 1 saturated heterocycles. The van der Waals surface area contributed by atoms with Gasteiger partial charge < -0.3 is 9.73 Å². The van der Waals surface area contributed by atoms with Gasteiger partial charge in [-0.15, -0.1) is 0 Å². The van der Waals surface area contributed by atoms with Crippen molar-refractivity contribution in [3.63, 3.8) is 0 Å². The average Bonchev–Trinajstić information content (AvgIpc) is 3.06. The third-order valence-corrected chi connectivity index (χ3v) is 7.53. The SMILES string of the molecule is O=C(NCCSCc1ccco1)c1cccc(S(=O)(=O)N2CCCCCC2)c1. The van der Waals surface area contributed by atoms with Crippen molar-refractivity contribution >= 4 is 27.7 Å². The molecule has 0 bridgehead atoms. The molecule has 152 valence electrons. The number of carbonyl (C=O) groups is 1. The van der Waals surface area contributed by atoms with E-state index in [4.69, 9.17) is 4.42 Å². The molecule has 6 nitrogen and oxygen atoms in total. The highest BCUT2D eigenvalue weighted by Gasteiger charge is 2.25. The van der Waals surface area contributed by atoms with Crippen LogP contribution in [0, 0.1) is 0 Å². The second-order valence-corrected chi connectivity index (χ2v) is 9.78. The van der Waals surface area contributed by atoms with Crippen LogP contribution < -0.4 is 5.32 Å². The van der Waals surface area contributed by atoms with Gasteiger partial charge in [-0.2, -0.15) is 16.1 Å². The number of benzene rings is 1. The van der Waals surface area contributed by atoms with E-state index in [1.54, 1.807) is 40.5 Å². The van der Waals surface area contributed by atoms with E-state index in [2.05, 4.69) is 5.32 Å². The first kappa shape index (κ1) is 21.0. The predicted octanol–water partition coefficient (Wildman–Crippen LogP) is 3.51. The minimum absolute atomic E-state index is 0.189. The Bertz CT molecular complexity index is 858. The molecule has 8 heteroatoms. The molecule has 1 aliphatic heterocycles. The van der Waals surface area contributed by atoms with Crippen LogP contribution in [0.5, 0.6) is 0 Å². The van der Waals surface area contributed by atoms with Gasteiger partial charge >= 0.3 is 0 Å². The van der Waals surface area contributed by atoms with Gasteiger partial charge in [0.05, 0.1) is 16.9 Å². The molecule has 28 heavy (non-hydrogen) atoms. The minimum Gasteiger partial charge on any atom is -0.468 e. The van der Waals surface area contributed by atoms with Gasteiger partial charge in [0.1, 0.15) is 5.76 Å². The summed E-state index contributed by atoms with van der Waals surface area (Å²) < 4.78 is 32.6. The monoisotopic (exact) mass is 422 g/mol. The van der Waals surface area contributed by atoms with Crippen LogP contribution in [-0.2, 0) is 15.8 Å². The summed E-state index contributed by atoms with van der Waals surface area (Å²) in [5.74, 6) is 2.15. The molecule has 0 spiro atoms. The zero-order chi connectivity index (χ0) is 19.8. The summed E-state index contributed by atoms with van der Waals surface area (Å²) in [5, 5.41) is 2.85. The average molecular weight is 423 g/mol. The van der Waals surface area contributed by atoms with Crippen LogP contribution in [0.25, 0.3) is 0 Å². The molecular weight excluding hydrogens is 396 g/mol. The lowest BCUT2D eigenvalue weighted by Gasteiger charge is -2.20. The van der Waals surface area contributed by atoms with Crippen molar-refractivity contribution in [2.75, 3.05) is 25.4 Å². The number of hydrogen-bond donors (Lipinski definition) is 1. The molecule has 1 N–H and O–H groups in total. The van der Waals surface area contributed by atoms with Gasteiger partial charge in [-0.05, 0) is 43.2 Å². The zero-order valence-corrected chi connectivity index (χ0v) is 17.4. The van der Waals surface area contributed by atoms with Crippen LogP contribution in [0.3, 0.4) is 0 Å². The maximum atomic E-state index is 12.9. The Balaban J connectivity index is 1.55. The molecular formula is C20H26N2O4S2. The Hall–Kier alpha value is -1.77. The standard InChI is InChI=1S/C20H26N2O4S2/c23-20(21-10-14-27-16-18-8-6-13-26-18)17-7-5-9-19(15-17)28(24,25)22-11-3-1-2-4-12-22/h5-9,13,15H,1-4,10-12,14,16H2,(H,21,23). The van der Waals surface area contributed by atoms with Crippen molar-refractivity contribution in [3.05, 3.63) is 54.0 Å². The van der Waals surface area contributed by atoms with E-state index >= 15 is 0 Å². The second-order valence-electron chi connectivity index (χ2n) is 6.73. The van der Waals surface area contributed by atoms with Gasteiger partial charge in [0.15, 0.2) is 0 Å². The minimum atomic E-state index is -3.56. The Morgan fingerprint density at radius 2 is 1.89 bits per heavy atom. The predicted molar refractivity (Wildman–Crippen MR) is 111 cm³/mol. The number of nitrogens with zero attached hydrogens (tertiary/aromatic N) is 1. The van der Waals surface area contributed by atoms with Crippen molar-refractivity contribution in [1.82, 2.24) is 9.62 Å². The second kappa shape index (κ2) is 10.1. The number of sulfonamides is 1. The lowest BCUT2D eigenvalue weighted by Crippen LogP contribution is -2.32. The fraction of sp³-hybridized carbons (Fsp3) is 0.450. The summed E-state index contributed by atoms with van der Waals surface area (Å²) in [6.07, 6.45) is 5.54. The van der Waals surface area contributed by atoms with Gasteiger partial charge in [0.25, 0.3) is 5.91 Å². The quantitative estimate of drug-likeness (QED) is 0.659. The van der Waals surface area contributed by atoms with Gasteiger partial charge in [-0.1, -0.05) is 18.9 Å². The van der Waals surface area contributed by atoms with Crippen LogP contribution in [0.2, 0.25) is 0 Å². The Morgan fingerprint density at radius 3 is 2.61 bits per heavy atom. The summed E-state index contributed by atoms with van der Waals surface area (Å²) in [6.45, 7) is 1.60. The Kier molecular flexibility index (Phi) is 7.58. The Morgan fingerprint density at radius 1 is 1.11 bits per heavy atom. The van der Waals surface area contributed by atoms with Crippen LogP contribution >= 0.6 is 11.8 Å². The van der Waals surface area contributed by atoms with Crippen molar-refractivity contribution in [1.29, 1.82) is 0 Å². The maximum Gasteiger partial charge on any atom is 0.251 e. The van der Waals surface area contributed by atoms with Crippen LogP contribution in [0.15, 0.2) is 52.0 Å². The van der Waals surface area contributed by atoms with Gasteiger partial charge in [0.2, 0.25) is 10.0 Å². The number of rotatable bonds is 8. The smallest absolute Gasteiger partial charge is 0.251 e. The van der Waals surface area contributed by atoms with E-state index < -0.39 is 10.0 Å². The number of carbonyl (C=O) groups excluding carboxylic acids is 1. The largest absolute Gasteiger partial charge is 0.468 e. The fourth-order valence-electron chi connectivity index (χ4n) is 3.14. The zero-order valence-electron chi connectivity index (χ0n) is 15.8. The normalized spacial score (nSPS) is 15.9. The van der Waals surface area contributed by atoms with Crippen molar-refractivity contribution in [2.24, 2.45) is 0 Å². The third-order valence-electron chi connectivity index (χ3n) is 4.66. The molecule has 0 radical (unpaired) electrons. The van der Waals surface area contributed by atoms with Crippen LogP contribution in [0.1, 0.15) is 41.8 Å². The molecule has 2 heterocycles. The number of nitrogens with one attached hydrogen (secondary N) is 1. The topological polar surface area (TPSA) is 79.6 Å². The van der Waals surface area contributed by atoms with E-state index in [1.807, 2.05) is 12.1 Å². The van der Waals surface area contributed by atoms with E-state index in [0.717, 1.165) is 42.9 Å². The summed E-state index contributed by atoms with van der Waals surface area (Å²) >= 11 is 1.67. The lowest BCUT2D eigenvalue weighted by molar-refractivity contribution is 0.0956. The van der Waals surface area contributed by atoms with Gasteiger partial charge in [0, 0.05) is 31.0 Å². The van der Waals surface area contributed by atoms with E-state index in [1.165, 1.54) is 6.07 Å². The number of hydrogen-bond acceptors (Lipinski definition) is 5. The third kappa shape index (κ3) is 5.62. The first-order valence-corrected chi connectivity index (χ1v) is 12.2. The van der Waals surface area contributed by atoms with Gasteiger partial charge in [-0.3, -0.25) is 4.79 Å². The summed E-state index contributed by atoms with van der Waals surface area (Å²) in [7, 11) is -3.56. The van der Waals surface area contributed by atoms with E-state index in [-0.39, 0.29) is 10.8 Å². The number of amides is 1. The fourth-order valence-corrected chi connectivity index (χ4v) is 5.45. The molecule has 0 saturated carbocycles. The molecule has 0 unspecified atom stereocenters. The Labute approximate surface area is 170 Å². The first-order chi connectivity index (χ1) is 13.6. The molecule has 2 aromatic rings. The van der Waals surface area contributed by atoms with Gasteiger partial charge in [-0.25, -0.2) is 8.42 Å². The molecule has 1 aromatic carbocycles. The summed E-state index contributed by atoms with van der Waals surface area (Å²) in [5.41, 5.74) is 0.368. The summed E-state index contributed by atoms with van der Waals surface area (Å²) in [6, 6.07) is 10.1. The van der Waals surface area contributed by atoms with Crippen molar-refractivity contribution < 1.29 is 17.6 Å². The van der Waals surface area contributed by atoms with E-state index in [9.17, 15) is 13.2 Å². The number of thioether (sulfide) groups is 1. The lowest BCUT2D eigenvalue weighted by atomic mass is 10.2. The molecule has 1 amide bonds. The highest BCUT2D eigenvalue weighted by atomic mass is 32.2. The van der Waals surface area contributed by atoms with E-state index in [0.29, 0.717) is 25.2 Å². The van der Waals surface area contributed by atoms with Crippen molar-refractivity contribution in [2.45, 2.75) is 36.3 Å². The van der Waals surface area contributed by atoms with Crippen LogP contribution in [-0.4, -0.2) is 44.0 Å². The van der Waals surface area contributed by atoms with Crippen molar-refractivity contribution in [3.8, 4) is 0 Å². The molecule has 1 fully saturated rings. The van der Waals surface area contributed by atoms with Crippen LogP contribution in [0.4, 0.5) is 0 Å². The molecule has 1 aliphatic rings. The highest BCUT2D eigenvalue weighted by Crippen LogP contribution is 2.21. The first-order valence-electron chi connectivity index (χ1n) is 9.56. The molecule has 3 rings (SSSR count). The molecule has 0 atom stereocenters. The maximum absolute atomic E-state index is 12.9. The highest BCUT2D eigenvalue weighted by molar-refractivity contribution is 7.98. The molecule has 1 aromatic heterocycles. The summed E-state index contributed by atoms with van der Waals surface area (Å²) in [4.78, 5) is 12.6.